The molecule has 0 aromatic carbocycles. The van der Waals surface area contributed by atoms with E-state index in [0.717, 1.165) is 44.9 Å². The average molecular weight is 751 g/mol. The molecule has 0 saturated heterocycles. The van der Waals surface area contributed by atoms with Crippen LogP contribution in [-0.2, 0) is 0 Å². The molecule has 0 rings (SSSR count). The minimum atomic E-state index is -8.88. The highest BCUT2D eigenvalue weighted by Gasteiger charge is 2.96. The van der Waals surface area contributed by atoms with E-state index < -0.39 is 78.7 Å². The zero-order chi connectivity index (χ0) is 38.1. The molecule has 290 valence electrons. The molecule has 0 aliphatic heterocycles. The van der Waals surface area contributed by atoms with Gasteiger partial charge >= 0.3 is 53.6 Å². The van der Waals surface area contributed by atoms with Crippen molar-refractivity contribution < 1.29 is 83.4 Å². The molecule has 0 heterocycles. The van der Waals surface area contributed by atoms with Crippen molar-refractivity contribution in [3.05, 3.63) is 0 Å². The first-order chi connectivity index (χ1) is 21.5. The summed E-state index contributed by atoms with van der Waals surface area (Å²) in [6, 6.07) is 0. The molecule has 19 heteroatoms. The summed E-state index contributed by atoms with van der Waals surface area (Å²) < 4.78 is 259. The molecule has 1 unspecified atom stereocenters. The molecule has 0 fully saturated rings. The third kappa shape index (κ3) is 9.31. The Morgan fingerprint density at radius 3 is 0.833 bits per heavy atom. The number of hydrogen-bond donors (Lipinski definition) is 0. The van der Waals surface area contributed by atoms with Crippen LogP contribution < -0.4 is 0 Å². The van der Waals surface area contributed by atoms with Crippen molar-refractivity contribution >= 4 is 0 Å². The van der Waals surface area contributed by atoms with Crippen LogP contribution in [0.25, 0.3) is 0 Å². The smallest absolute Gasteiger partial charge is 0.199 e. The van der Waals surface area contributed by atoms with Crippen molar-refractivity contribution in [2.75, 3.05) is 0 Å². The van der Waals surface area contributed by atoms with Crippen LogP contribution in [0.4, 0.5) is 83.4 Å². The summed E-state index contributed by atoms with van der Waals surface area (Å²) in [6.45, 7) is 2.77. The van der Waals surface area contributed by atoms with Crippen LogP contribution >= 0.6 is 0 Å². The summed E-state index contributed by atoms with van der Waals surface area (Å²) in [7, 11) is 0. The van der Waals surface area contributed by atoms with E-state index in [2.05, 4.69) is 6.92 Å². The van der Waals surface area contributed by atoms with Crippen LogP contribution in [0, 0.1) is 5.92 Å². The van der Waals surface area contributed by atoms with Crippen molar-refractivity contribution in [3.63, 3.8) is 0 Å². The quantitative estimate of drug-likeness (QED) is 0.0644. The first-order valence-electron chi connectivity index (χ1n) is 15.6. The number of rotatable bonds is 25. The van der Waals surface area contributed by atoms with E-state index in [1.165, 1.54) is 19.3 Å². The zero-order valence-electron chi connectivity index (χ0n) is 26.3. The summed E-state index contributed by atoms with van der Waals surface area (Å²) in [5, 5.41) is 0. The zero-order valence-corrected chi connectivity index (χ0v) is 26.3. The molecular weight excluding hydrogens is 709 g/mol. The number of alkyl halides is 19. The van der Waals surface area contributed by atoms with E-state index >= 15 is 0 Å². The van der Waals surface area contributed by atoms with E-state index in [9.17, 15) is 83.4 Å². The van der Waals surface area contributed by atoms with Crippen LogP contribution in [0.1, 0.15) is 123 Å². The highest BCUT2D eigenvalue weighted by Crippen LogP contribution is 2.66. The molecule has 0 aromatic heterocycles. The monoisotopic (exact) mass is 750 g/mol. The van der Waals surface area contributed by atoms with Crippen LogP contribution in [0.3, 0.4) is 0 Å². The molecule has 1 atom stereocenters. The topological polar surface area (TPSA) is 0 Å². The number of halogens is 19. The van der Waals surface area contributed by atoms with Crippen molar-refractivity contribution in [2.45, 2.75) is 177 Å². The second-order valence-electron chi connectivity index (χ2n) is 12.0. The average Bonchev–Trinajstić information content (AvgIpc) is 2.95. The van der Waals surface area contributed by atoms with E-state index in [0.29, 0.717) is 26.2 Å². The van der Waals surface area contributed by atoms with Gasteiger partial charge in [-0.2, -0.15) is 83.4 Å². The maximum Gasteiger partial charge on any atom is 0.460 e. The van der Waals surface area contributed by atoms with E-state index in [-0.39, 0.29) is 6.42 Å². The fourth-order valence-corrected chi connectivity index (χ4v) is 5.03. The molecule has 0 nitrogen and oxygen atoms in total. The van der Waals surface area contributed by atoms with Gasteiger partial charge in [0.15, 0.2) is 0 Å². The minimum Gasteiger partial charge on any atom is -0.199 e. The molecule has 0 bridgehead atoms. The Morgan fingerprint density at radius 2 is 0.562 bits per heavy atom. The van der Waals surface area contributed by atoms with Gasteiger partial charge in [0.05, 0.1) is 0 Å². The van der Waals surface area contributed by atoms with Gasteiger partial charge in [-0.05, 0) is 12.8 Å². The molecule has 0 N–H and O–H groups in total. The maximum atomic E-state index is 14.6. The van der Waals surface area contributed by atoms with E-state index in [4.69, 9.17) is 0 Å². The lowest BCUT2D eigenvalue weighted by Gasteiger charge is -2.44. The Bertz CT molecular complexity index is 924. The van der Waals surface area contributed by atoms with Gasteiger partial charge < -0.3 is 0 Å². The third-order valence-electron chi connectivity index (χ3n) is 8.30. The maximum absolute atomic E-state index is 14.6. The van der Waals surface area contributed by atoms with Crippen molar-refractivity contribution in [3.8, 4) is 0 Å². The van der Waals surface area contributed by atoms with Crippen LogP contribution in [0.2, 0.25) is 0 Å². The van der Waals surface area contributed by atoms with Gasteiger partial charge in [0.25, 0.3) is 0 Å². The summed E-state index contributed by atoms with van der Waals surface area (Å²) in [5.74, 6) is -69.0. The normalized spacial score (nSPS) is 15.7. The lowest BCUT2D eigenvalue weighted by atomic mass is 9.82. The van der Waals surface area contributed by atoms with Gasteiger partial charge in [0.2, 0.25) is 0 Å². The van der Waals surface area contributed by atoms with Crippen LogP contribution in [0.15, 0.2) is 0 Å². The molecule has 0 spiro atoms. The molecule has 0 amide bonds. The van der Waals surface area contributed by atoms with Gasteiger partial charge in [-0.15, -0.1) is 0 Å². The Labute approximate surface area is 266 Å². The Kier molecular flexibility index (Phi) is 16.8. The van der Waals surface area contributed by atoms with Gasteiger partial charge in [0, 0.05) is 5.92 Å². The highest BCUT2D eigenvalue weighted by atomic mass is 19.4. The lowest BCUT2D eigenvalue weighted by Crippen LogP contribution is -2.76. The molecular formula is C29H41F19. The van der Waals surface area contributed by atoms with Crippen molar-refractivity contribution in [1.82, 2.24) is 0 Å². The molecule has 0 aliphatic rings. The van der Waals surface area contributed by atoms with Gasteiger partial charge in [-0.25, -0.2) is 0 Å². The fraction of sp³-hybridized carbons (Fsp3) is 1.00. The van der Waals surface area contributed by atoms with Crippen molar-refractivity contribution in [1.29, 1.82) is 0 Å². The minimum absolute atomic E-state index is 0.0370. The van der Waals surface area contributed by atoms with Gasteiger partial charge in [0.1, 0.15) is 0 Å². The Hall–Kier alpha value is -1.33. The highest BCUT2D eigenvalue weighted by molar-refractivity contribution is 5.17. The summed E-state index contributed by atoms with van der Waals surface area (Å²) in [5.41, 5.74) is 0. The summed E-state index contributed by atoms with van der Waals surface area (Å²) in [6.07, 6.45) is 1.72. The van der Waals surface area contributed by atoms with E-state index in [1.54, 1.807) is 0 Å². The first-order valence-corrected chi connectivity index (χ1v) is 15.6. The SMILES string of the molecule is CCCCCCCCCCCCCCCCCC(CC)C(F)(F)C(F)(F)C(F)(F)C(F)(F)C(F)(F)C(F)(F)C(F)(F)C(F)(F)C(F)(F)F. The van der Waals surface area contributed by atoms with Crippen LogP contribution in [0.5, 0.6) is 0 Å². The molecule has 48 heavy (non-hydrogen) atoms. The first kappa shape index (κ1) is 46.7. The van der Waals surface area contributed by atoms with Crippen molar-refractivity contribution in [2.24, 2.45) is 5.92 Å². The number of hydrogen-bond acceptors (Lipinski definition) is 0. The predicted octanol–water partition coefficient (Wildman–Crippen LogP) is 13.9. The number of unbranched alkanes of at least 4 members (excludes halogenated alkanes) is 14. The molecule has 0 aromatic rings. The van der Waals surface area contributed by atoms with Gasteiger partial charge in [-0.1, -0.05) is 110 Å². The molecule has 0 aliphatic carbocycles. The fourth-order valence-electron chi connectivity index (χ4n) is 5.03. The molecule has 0 radical (unpaired) electrons. The van der Waals surface area contributed by atoms with Crippen LogP contribution in [-0.4, -0.2) is 53.6 Å². The van der Waals surface area contributed by atoms with Gasteiger partial charge in [-0.3, -0.25) is 0 Å². The lowest BCUT2D eigenvalue weighted by molar-refractivity contribution is -0.470. The summed E-state index contributed by atoms with van der Waals surface area (Å²) in [4.78, 5) is 0. The molecule has 0 saturated carbocycles. The Balaban J connectivity index is 5.48. The summed E-state index contributed by atoms with van der Waals surface area (Å²) >= 11 is 0. The second kappa shape index (κ2) is 17.3. The van der Waals surface area contributed by atoms with E-state index in [1.807, 2.05) is 0 Å². The second-order valence-corrected chi connectivity index (χ2v) is 12.0. The third-order valence-corrected chi connectivity index (χ3v) is 8.30. The Morgan fingerprint density at radius 1 is 0.312 bits per heavy atom. The predicted molar refractivity (Wildman–Crippen MR) is 139 cm³/mol. The standard InChI is InChI=1S/C29H41F19/c1-3-5-6-7-8-9-10-11-12-13-14-15-16-17-18-19-20(4-2)21(30,31)22(32,33)23(34,35)24(36,37)25(38,39)26(40,41)27(42,43)28(44,45)29(46,47)48/h20H,3-19H2,1-2H3. The largest absolute Gasteiger partial charge is 0.460 e.